The van der Waals surface area contributed by atoms with Gasteiger partial charge in [0.05, 0.1) is 18.6 Å². The van der Waals surface area contributed by atoms with Gasteiger partial charge < -0.3 is 9.57 Å². The third kappa shape index (κ3) is 1.82. The zero-order chi connectivity index (χ0) is 12.8. The largest absolute Gasteiger partial charge is 0.385 e. The van der Waals surface area contributed by atoms with E-state index in [-0.39, 0.29) is 5.54 Å². The smallest absolute Gasteiger partial charge is 0.250 e. The standard InChI is InChI=1S/C14H18N2O2/c1-13(2)10-17-14(3)15-12(18-16(13)14)9-11-7-5-4-6-8-11/h4-8H,9-10H2,1-3H3. The molecule has 2 aliphatic rings. The summed E-state index contributed by atoms with van der Waals surface area (Å²) in [5, 5.41) is 1.86. The number of hydroxylamine groups is 2. The van der Waals surface area contributed by atoms with E-state index in [2.05, 4.69) is 31.0 Å². The van der Waals surface area contributed by atoms with E-state index in [0.717, 1.165) is 5.90 Å². The van der Waals surface area contributed by atoms with Crippen LogP contribution in [0.3, 0.4) is 0 Å². The van der Waals surface area contributed by atoms with E-state index in [1.54, 1.807) is 0 Å². The molecule has 0 aromatic heterocycles. The number of fused-ring (bicyclic) bond motifs is 1. The highest BCUT2D eigenvalue weighted by Crippen LogP contribution is 2.40. The van der Waals surface area contributed by atoms with Crippen molar-refractivity contribution < 1.29 is 9.57 Å². The molecule has 2 aliphatic heterocycles. The first-order chi connectivity index (χ1) is 8.50. The SMILES string of the molecule is CC1(C)COC2(C)N=C(Cc3ccccc3)ON12. The topological polar surface area (TPSA) is 34.1 Å². The van der Waals surface area contributed by atoms with Crippen molar-refractivity contribution in [2.45, 2.75) is 38.6 Å². The van der Waals surface area contributed by atoms with Gasteiger partial charge in [-0.1, -0.05) is 35.4 Å². The Labute approximate surface area is 107 Å². The van der Waals surface area contributed by atoms with Crippen LogP contribution in [0.5, 0.6) is 0 Å². The van der Waals surface area contributed by atoms with E-state index >= 15 is 0 Å². The number of nitrogens with zero attached hydrogens (tertiary/aromatic N) is 2. The van der Waals surface area contributed by atoms with Gasteiger partial charge in [-0.05, 0) is 19.4 Å². The zero-order valence-corrected chi connectivity index (χ0v) is 11.0. The number of benzene rings is 1. The van der Waals surface area contributed by atoms with Gasteiger partial charge in [-0.2, -0.15) is 0 Å². The second-order valence-corrected chi connectivity index (χ2v) is 5.59. The van der Waals surface area contributed by atoms with Crippen LogP contribution in [0.4, 0.5) is 0 Å². The van der Waals surface area contributed by atoms with Crippen LogP contribution in [0, 0.1) is 0 Å². The van der Waals surface area contributed by atoms with E-state index in [1.807, 2.05) is 30.2 Å². The molecule has 0 saturated carbocycles. The van der Waals surface area contributed by atoms with Crippen molar-refractivity contribution in [1.82, 2.24) is 5.06 Å². The van der Waals surface area contributed by atoms with Crippen molar-refractivity contribution in [2.75, 3.05) is 6.61 Å². The summed E-state index contributed by atoms with van der Waals surface area (Å²) in [5.74, 6) is 0.0598. The van der Waals surface area contributed by atoms with Crippen molar-refractivity contribution in [2.24, 2.45) is 4.99 Å². The molecule has 96 valence electrons. The fraction of sp³-hybridized carbons (Fsp3) is 0.500. The summed E-state index contributed by atoms with van der Waals surface area (Å²) in [6.07, 6.45) is 0.701. The van der Waals surface area contributed by atoms with Gasteiger partial charge in [-0.25, -0.2) is 4.99 Å². The van der Waals surface area contributed by atoms with E-state index in [0.29, 0.717) is 13.0 Å². The molecule has 0 bridgehead atoms. The van der Waals surface area contributed by atoms with E-state index in [9.17, 15) is 0 Å². The Balaban J connectivity index is 1.80. The van der Waals surface area contributed by atoms with Gasteiger partial charge in [0.25, 0.3) is 0 Å². The fourth-order valence-electron chi connectivity index (χ4n) is 2.48. The van der Waals surface area contributed by atoms with Crippen LogP contribution in [0.25, 0.3) is 0 Å². The highest BCUT2D eigenvalue weighted by molar-refractivity contribution is 5.80. The van der Waals surface area contributed by atoms with E-state index in [4.69, 9.17) is 9.57 Å². The van der Waals surface area contributed by atoms with Gasteiger partial charge in [-0.15, -0.1) is 0 Å². The van der Waals surface area contributed by atoms with Gasteiger partial charge in [0.1, 0.15) is 0 Å². The predicted octanol–water partition coefficient (Wildman–Crippen LogP) is 2.36. The lowest BCUT2D eigenvalue weighted by molar-refractivity contribution is -0.200. The van der Waals surface area contributed by atoms with Crippen LogP contribution in [-0.2, 0) is 16.0 Å². The van der Waals surface area contributed by atoms with Gasteiger partial charge in [-0.3, -0.25) is 0 Å². The molecular formula is C14H18N2O2. The van der Waals surface area contributed by atoms with Crippen molar-refractivity contribution in [3.8, 4) is 0 Å². The summed E-state index contributed by atoms with van der Waals surface area (Å²) in [4.78, 5) is 10.4. The van der Waals surface area contributed by atoms with Gasteiger partial charge in [0, 0.05) is 6.92 Å². The first-order valence-electron chi connectivity index (χ1n) is 6.25. The summed E-state index contributed by atoms with van der Waals surface area (Å²) in [6.45, 7) is 6.77. The molecule has 18 heavy (non-hydrogen) atoms. The Morgan fingerprint density at radius 3 is 2.61 bits per heavy atom. The molecule has 1 aromatic carbocycles. The van der Waals surface area contributed by atoms with Crippen molar-refractivity contribution >= 4 is 5.90 Å². The first-order valence-corrected chi connectivity index (χ1v) is 6.25. The van der Waals surface area contributed by atoms with Crippen LogP contribution in [0.2, 0.25) is 0 Å². The first kappa shape index (κ1) is 11.7. The lowest BCUT2D eigenvalue weighted by Crippen LogP contribution is -2.46. The lowest BCUT2D eigenvalue weighted by atomic mass is 10.1. The number of hydrogen-bond donors (Lipinski definition) is 0. The zero-order valence-electron chi connectivity index (χ0n) is 11.0. The molecule has 0 amide bonds. The van der Waals surface area contributed by atoms with Crippen molar-refractivity contribution in [3.05, 3.63) is 35.9 Å². The Morgan fingerprint density at radius 1 is 1.22 bits per heavy atom. The summed E-state index contributed by atoms with van der Waals surface area (Å²) in [7, 11) is 0. The van der Waals surface area contributed by atoms with E-state index in [1.165, 1.54) is 5.56 Å². The number of ether oxygens (including phenoxy) is 1. The number of hydrogen-bond acceptors (Lipinski definition) is 4. The molecule has 1 saturated heterocycles. The number of rotatable bonds is 2. The van der Waals surface area contributed by atoms with Gasteiger partial charge >= 0.3 is 0 Å². The summed E-state index contributed by atoms with van der Waals surface area (Å²) in [6, 6.07) is 10.2. The summed E-state index contributed by atoms with van der Waals surface area (Å²) in [5.41, 5.74) is 1.05. The Kier molecular flexibility index (Phi) is 2.47. The maximum atomic E-state index is 5.87. The molecule has 4 nitrogen and oxygen atoms in total. The Morgan fingerprint density at radius 2 is 1.94 bits per heavy atom. The minimum absolute atomic E-state index is 0.142. The normalized spacial score (nSPS) is 29.8. The molecule has 3 rings (SSSR count). The van der Waals surface area contributed by atoms with E-state index < -0.39 is 5.85 Å². The Hall–Kier alpha value is -1.39. The van der Waals surface area contributed by atoms with Gasteiger partial charge in [0.2, 0.25) is 11.7 Å². The monoisotopic (exact) mass is 246 g/mol. The second-order valence-electron chi connectivity index (χ2n) is 5.59. The quantitative estimate of drug-likeness (QED) is 0.803. The average Bonchev–Trinajstić information content (AvgIpc) is 2.76. The number of aliphatic imine (C=N–C) groups is 1. The van der Waals surface area contributed by atoms with Crippen LogP contribution in [0.1, 0.15) is 26.3 Å². The molecule has 4 heteroatoms. The predicted molar refractivity (Wildman–Crippen MR) is 68.9 cm³/mol. The molecule has 0 radical (unpaired) electrons. The maximum absolute atomic E-state index is 5.87. The summed E-state index contributed by atoms with van der Waals surface area (Å²) >= 11 is 0. The maximum Gasteiger partial charge on any atom is 0.250 e. The molecule has 1 aromatic rings. The van der Waals surface area contributed by atoms with Gasteiger partial charge in [0.15, 0.2) is 0 Å². The minimum Gasteiger partial charge on any atom is -0.385 e. The van der Waals surface area contributed by atoms with Crippen LogP contribution < -0.4 is 0 Å². The second kappa shape index (κ2) is 3.80. The molecule has 1 atom stereocenters. The molecule has 1 fully saturated rings. The molecule has 0 N–H and O–H groups in total. The minimum atomic E-state index is -0.659. The lowest BCUT2D eigenvalue weighted by Gasteiger charge is -2.29. The Bertz CT molecular complexity index is 484. The molecule has 2 heterocycles. The fourth-order valence-corrected chi connectivity index (χ4v) is 2.48. The third-order valence-electron chi connectivity index (χ3n) is 3.35. The van der Waals surface area contributed by atoms with Crippen molar-refractivity contribution in [3.63, 3.8) is 0 Å². The summed E-state index contributed by atoms with van der Waals surface area (Å²) < 4.78 is 5.76. The molecule has 0 aliphatic carbocycles. The van der Waals surface area contributed by atoms with Crippen molar-refractivity contribution in [1.29, 1.82) is 0 Å². The molecule has 0 spiro atoms. The highest BCUT2D eigenvalue weighted by Gasteiger charge is 2.55. The molecule has 1 unspecified atom stereocenters. The van der Waals surface area contributed by atoms with Crippen LogP contribution >= 0.6 is 0 Å². The van der Waals surface area contributed by atoms with Crippen LogP contribution in [0.15, 0.2) is 35.3 Å². The average molecular weight is 246 g/mol. The third-order valence-corrected chi connectivity index (χ3v) is 3.35. The molecular weight excluding hydrogens is 228 g/mol. The van der Waals surface area contributed by atoms with Crippen LogP contribution in [-0.4, -0.2) is 29.0 Å². The highest BCUT2D eigenvalue weighted by atomic mass is 16.8.